The lowest BCUT2D eigenvalue weighted by Gasteiger charge is -2.35. The van der Waals surface area contributed by atoms with Crippen molar-refractivity contribution in [3.63, 3.8) is 0 Å². The lowest BCUT2D eigenvalue weighted by molar-refractivity contribution is 0.188. The summed E-state index contributed by atoms with van der Waals surface area (Å²) in [6.45, 7) is 12.0. The molecule has 2 heterocycles. The second-order valence-electron chi connectivity index (χ2n) is 8.56. The monoisotopic (exact) mass is 543 g/mol. The van der Waals surface area contributed by atoms with E-state index >= 15 is 0 Å². The zero-order valence-electron chi connectivity index (χ0n) is 19.6. The van der Waals surface area contributed by atoms with Gasteiger partial charge in [-0.2, -0.15) is 0 Å². The molecule has 2 aliphatic heterocycles. The molecule has 1 aromatic rings. The number of anilines is 1. The van der Waals surface area contributed by atoms with Crippen LogP contribution in [0.5, 0.6) is 5.75 Å². The topological polar surface area (TPSA) is 52.1 Å². The van der Waals surface area contributed by atoms with Crippen molar-refractivity contribution in [3.8, 4) is 5.75 Å². The van der Waals surface area contributed by atoms with Crippen molar-refractivity contribution >= 4 is 35.6 Å². The molecule has 2 aliphatic rings. The molecule has 0 radical (unpaired) electrons. The van der Waals surface area contributed by atoms with Gasteiger partial charge < -0.3 is 25.2 Å². The maximum Gasteiger partial charge on any atom is 0.191 e. The van der Waals surface area contributed by atoms with E-state index in [0.29, 0.717) is 6.04 Å². The molecular formula is C24H42IN5O. The Bertz CT molecular complexity index is 663. The quantitative estimate of drug-likeness (QED) is 0.296. The van der Waals surface area contributed by atoms with E-state index in [1.807, 2.05) is 6.07 Å². The number of aliphatic imine (C=N–C) groups is 1. The Labute approximate surface area is 206 Å². The number of hydrogen-bond donors (Lipinski definition) is 2. The van der Waals surface area contributed by atoms with E-state index in [9.17, 15) is 0 Å². The molecule has 0 bridgehead atoms. The van der Waals surface area contributed by atoms with E-state index < -0.39 is 0 Å². The number of guanidine groups is 1. The third kappa shape index (κ3) is 8.33. The standard InChI is InChI=1S/C24H41N5O.HI/c1-4-25-24(26-14-11-20-12-16-28(5-2)17-13-20)27-21-8-7-15-29(19-21)22-9-6-10-23(18-22)30-3;/h6,9-10,18,20-21H,4-5,7-8,11-17,19H2,1-3H3,(H2,25,26,27);1H. The summed E-state index contributed by atoms with van der Waals surface area (Å²) in [5.41, 5.74) is 1.24. The van der Waals surface area contributed by atoms with Crippen molar-refractivity contribution in [1.82, 2.24) is 15.5 Å². The lowest BCUT2D eigenvalue weighted by atomic mass is 9.94. The predicted octanol–water partition coefficient (Wildman–Crippen LogP) is 3.96. The number of likely N-dealkylation sites (tertiary alicyclic amines) is 1. The third-order valence-electron chi connectivity index (χ3n) is 6.49. The molecule has 2 saturated heterocycles. The van der Waals surface area contributed by atoms with Crippen LogP contribution in [-0.4, -0.2) is 69.8 Å². The maximum atomic E-state index is 5.40. The molecule has 176 valence electrons. The molecule has 1 unspecified atom stereocenters. The van der Waals surface area contributed by atoms with Crippen molar-refractivity contribution in [1.29, 1.82) is 0 Å². The van der Waals surface area contributed by atoms with Crippen LogP contribution in [0.15, 0.2) is 29.3 Å². The zero-order valence-corrected chi connectivity index (χ0v) is 21.9. The molecule has 0 spiro atoms. The van der Waals surface area contributed by atoms with Crippen LogP contribution in [0, 0.1) is 5.92 Å². The van der Waals surface area contributed by atoms with Crippen LogP contribution in [-0.2, 0) is 0 Å². The Morgan fingerprint density at radius 3 is 2.68 bits per heavy atom. The second-order valence-corrected chi connectivity index (χ2v) is 8.56. The number of nitrogens with one attached hydrogen (secondary N) is 2. The van der Waals surface area contributed by atoms with Gasteiger partial charge in [0.1, 0.15) is 5.75 Å². The van der Waals surface area contributed by atoms with Gasteiger partial charge in [-0.25, -0.2) is 0 Å². The average molecular weight is 544 g/mol. The molecule has 2 fully saturated rings. The van der Waals surface area contributed by atoms with E-state index in [4.69, 9.17) is 9.73 Å². The molecule has 31 heavy (non-hydrogen) atoms. The van der Waals surface area contributed by atoms with Crippen molar-refractivity contribution < 1.29 is 4.74 Å². The van der Waals surface area contributed by atoms with Gasteiger partial charge in [-0.1, -0.05) is 13.0 Å². The highest BCUT2D eigenvalue weighted by Gasteiger charge is 2.22. The fourth-order valence-electron chi connectivity index (χ4n) is 4.60. The zero-order chi connectivity index (χ0) is 21.2. The van der Waals surface area contributed by atoms with Crippen molar-refractivity contribution in [2.75, 3.05) is 57.8 Å². The van der Waals surface area contributed by atoms with E-state index in [1.54, 1.807) is 7.11 Å². The SMILES string of the molecule is CCNC(=NCCC1CCN(CC)CC1)NC1CCCN(c2cccc(OC)c2)C1.I. The molecule has 1 atom stereocenters. The number of halogens is 1. The first-order valence-corrected chi connectivity index (χ1v) is 11.9. The summed E-state index contributed by atoms with van der Waals surface area (Å²) < 4.78 is 5.40. The van der Waals surface area contributed by atoms with Crippen molar-refractivity contribution in [2.24, 2.45) is 10.9 Å². The second kappa shape index (κ2) is 14.0. The molecule has 0 amide bonds. The number of hydrogen-bond acceptors (Lipinski definition) is 4. The van der Waals surface area contributed by atoms with Crippen LogP contribution in [0.2, 0.25) is 0 Å². The lowest BCUT2D eigenvalue weighted by Crippen LogP contribution is -2.51. The van der Waals surface area contributed by atoms with Crippen LogP contribution in [0.3, 0.4) is 0 Å². The van der Waals surface area contributed by atoms with Gasteiger partial charge in [-0.05, 0) is 76.7 Å². The first-order valence-electron chi connectivity index (χ1n) is 11.9. The number of ether oxygens (including phenoxy) is 1. The van der Waals surface area contributed by atoms with Gasteiger partial charge in [0.2, 0.25) is 0 Å². The number of rotatable bonds is 8. The van der Waals surface area contributed by atoms with Crippen molar-refractivity contribution in [2.45, 2.75) is 52.0 Å². The number of methoxy groups -OCH3 is 1. The van der Waals surface area contributed by atoms with Gasteiger partial charge in [0.25, 0.3) is 0 Å². The minimum Gasteiger partial charge on any atom is -0.497 e. The smallest absolute Gasteiger partial charge is 0.191 e. The summed E-state index contributed by atoms with van der Waals surface area (Å²) in [6.07, 6.45) is 6.22. The molecule has 3 rings (SSSR count). The highest BCUT2D eigenvalue weighted by atomic mass is 127. The summed E-state index contributed by atoms with van der Waals surface area (Å²) in [5.74, 6) is 2.72. The highest BCUT2D eigenvalue weighted by Crippen LogP contribution is 2.24. The number of nitrogens with zero attached hydrogens (tertiary/aromatic N) is 3. The largest absolute Gasteiger partial charge is 0.497 e. The summed E-state index contributed by atoms with van der Waals surface area (Å²) >= 11 is 0. The number of piperidine rings is 2. The Morgan fingerprint density at radius 1 is 1.16 bits per heavy atom. The van der Waals surface area contributed by atoms with Gasteiger partial charge in [0.05, 0.1) is 7.11 Å². The molecular weight excluding hydrogens is 501 g/mol. The summed E-state index contributed by atoms with van der Waals surface area (Å²) in [7, 11) is 1.73. The van der Waals surface area contributed by atoms with Crippen molar-refractivity contribution in [3.05, 3.63) is 24.3 Å². The maximum absolute atomic E-state index is 5.40. The minimum absolute atomic E-state index is 0. The number of benzene rings is 1. The van der Waals surface area contributed by atoms with Crippen LogP contribution in [0.4, 0.5) is 5.69 Å². The molecule has 0 aromatic heterocycles. The fraction of sp³-hybridized carbons (Fsp3) is 0.708. The van der Waals surface area contributed by atoms with Gasteiger partial charge in [-0.3, -0.25) is 4.99 Å². The van der Waals surface area contributed by atoms with Crippen LogP contribution >= 0.6 is 24.0 Å². The summed E-state index contributed by atoms with van der Waals surface area (Å²) in [4.78, 5) is 9.92. The minimum atomic E-state index is 0. The predicted molar refractivity (Wildman–Crippen MR) is 142 cm³/mol. The summed E-state index contributed by atoms with van der Waals surface area (Å²) in [6, 6.07) is 8.79. The third-order valence-corrected chi connectivity index (χ3v) is 6.49. The molecule has 7 heteroatoms. The van der Waals surface area contributed by atoms with E-state index in [2.05, 4.69) is 52.5 Å². The fourth-order valence-corrected chi connectivity index (χ4v) is 4.60. The molecule has 6 nitrogen and oxygen atoms in total. The van der Waals surface area contributed by atoms with E-state index in [0.717, 1.165) is 43.8 Å². The van der Waals surface area contributed by atoms with Crippen LogP contribution in [0.1, 0.15) is 46.0 Å². The van der Waals surface area contributed by atoms with Gasteiger partial charge in [0.15, 0.2) is 5.96 Å². The van der Waals surface area contributed by atoms with Gasteiger partial charge in [0, 0.05) is 44.0 Å². The Hall–Kier alpha value is -1.22. The van der Waals surface area contributed by atoms with E-state index in [-0.39, 0.29) is 24.0 Å². The molecule has 2 N–H and O–H groups in total. The normalized spacial score (nSPS) is 20.8. The molecule has 0 aliphatic carbocycles. The first-order chi connectivity index (χ1) is 14.7. The molecule has 1 aromatic carbocycles. The van der Waals surface area contributed by atoms with E-state index in [1.165, 1.54) is 57.4 Å². The Kier molecular flexibility index (Phi) is 11.8. The van der Waals surface area contributed by atoms with Gasteiger partial charge >= 0.3 is 0 Å². The Balaban J connectivity index is 0.00000341. The summed E-state index contributed by atoms with van der Waals surface area (Å²) in [5, 5.41) is 7.15. The van der Waals surface area contributed by atoms with Gasteiger partial charge in [-0.15, -0.1) is 24.0 Å². The highest BCUT2D eigenvalue weighted by molar-refractivity contribution is 14.0. The first kappa shape index (κ1) is 26.0. The van der Waals surface area contributed by atoms with Crippen LogP contribution < -0.4 is 20.3 Å². The van der Waals surface area contributed by atoms with Crippen LogP contribution in [0.25, 0.3) is 0 Å². The average Bonchev–Trinajstić information content (AvgIpc) is 2.80. The molecule has 0 saturated carbocycles. The Morgan fingerprint density at radius 2 is 1.97 bits per heavy atom.